The Balaban J connectivity index is 1.87. The summed E-state index contributed by atoms with van der Waals surface area (Å²) in [6.45, 7) is 4.43. The quantitative estimate of drug-likeness (QED) is 0.774. The normalized spacial score (nSPS) is 18.2. The first-order chi connectivity index (χ1) is 9.75. The number of benzene rings is 1. The van der Waals surface area contributed by atoms with Crippen LogP contribution in [0.3, 0.4) is 0 Å². The van der Waals surface area contributed by atoms with E-state index in [1.165, 1.54) is 0 Å². The molecule has 0 spiro atoms. The first-order valence-corrected chi connectivity index (χ1v) is 6.93. The van der Waals surface area contributed by atoms with Gasteiger partial charge in [-0.25, -0.2) is 0 Å². The Morgan fingerprint density at radius 3 is 2.85 bits per heavy atom. The van der Waals surface area contributed by atoms with Gasteiger partial charge in [-0.05, 0) is 17.7 Å². The highest BCUT2D eigenvalue weighted by atomic mass is 16.3. The topological polar surface area (TPSA) is 68.6 Å². The smallest absolute Gasteiger partial charge is 0.141 e. The highest BCUT2D eigenvalue weighted by Crippen LogP contribution is 2.29. The van der Waals surface area contributed by atoms with Crippen LogP contribution < -0.4 is 5.32 Å². The van der Waals surface area contributed by atoms with Gasteiger partial charge in [0.25, 0.3) is 0 Å². The van der Waals surface area contributed by atoms with E-state index in [2.05, 4.69) is 15.2 Å². The van der Waals surface area contributed by atoms with Crippen LogP contribution in [0, 0.1) is 0 Å². The molecule has 1 aliphatic heterocycles. The number of hydrogen-bond acceptors (Lipinski definition) is 5. The molecule has 1 aromatic heterocycles. The molecular formula is C15H19N3O2. The molecule has 1 saturated heterocycles. The van der Waals surface area contributed by atoms with Gasteiger partial charge in [-0.1, -0.05) is 12.1 Å². The fourth-order valence-corrected chi connectivity index (χ4v) is 2.71. The van der Waals surface area contributed by atoms with Crippen LogP contribution in [0.4, 0.5) is 0 Å². The van der Waals surface area contributed by atoms with Gasteiger partial charge in [-0.15, -0.1) is 0 Å². The lowest BCUT2D eigenvalue weighted by molar-refractivity contribution is 0.106. The van der Waals surface area contributed by atoms with Crippen molar-refractivity contribution in [2.45, 2.75) is 6.10 Å². The first kappa shape index (κ1) is 13.3. The predicted octanol–water partition coefficient (Wildman–Crippen LogP) is 0.879. The zero-order valence-electron chi connectivity index (χ0n) is 11.3. The van der Waals surface area contributed by atoms with E-state index >= 15 is 0 Å². The van der Waals surface area contributed by atoms with Gasteiger partial charge in [0.2, 0.25) is 0 Å². The second kappa shape index (κ2) is 5.75. The molecule has 0 amide bonds. The fraction of sp³-hybridized carbons (Fsp3) is 0.400. The van der Waals surface area contributed by atoms with Crippen molar-refractivity contribution >= 4 is 10.9 Å². The molecule has 1 aromatic carbocycles. The Morgan fingerprint density at radius 1 is 1.25 bits per heavy atom. The second-order valence-electron chi connectivity index (χ2n) is 5.14. The van der Waals surface area contributed by atoms with Crippen LogP contribution in [0.15, 0.2) is 30.5 Å². The lowest BCUT2D eigenvalue weighted by atomic mass is 10.0. The molecule has 0 saturated carbocycles. The minimum Gasteiger partial charge on any atom is -0.506 e. The minimum atomic E-state index is -0.569. The molecule has 1 unspecified atom stereocenters. The van der Waals surface area contributed by atoms with Crippen molar-refractivity contribution in [3.8, 4) is 5.75 Å². The number of nitrogens with one attached hydrogen (secondary N) is 1. The monoisotopic (exact) mass is 273 g/mol. The Hall–Kier alpha value is -1.69. The van der Waals surface area contributed by atoms with Gasteiger partial charge in [0.05, 0.1) is 6.10 Å². The van der Waals surface area contributed by atoms with E-state index in [0.717, 1.165) is 37.1 Å². The van der Waals surface area contributed by atoms with E-state index in [1.807, 2.05) is 12.1 Å². The highest BCUT2D eigenvalue weighted by Gasteiger charge is 2.18. The summed E-state index contributed by atoms with van der Waals surface area (Å²) < 4.78 is 0. The molecule has 0 aliphatic carbocycles. The van der Waals surface area contributed by atoms with Gasteiger partial charge < -0.3 is 15.5 Å². The lowest BCUT2D eigenvalue weighted by Crippen LogP contribution is -2.44. The Kier molecular flexibility index (Phi) is 3.82. The number of piperazine rings is 1. The second-order valence-corrected chi connectivity index (χ2v) is 5.14. The van der Waals surface area contributed by atoms with E-state index in [-0.39, 0.29) is 5.75 Å². The van der Waals surface area contributed by atoms with Crippen LogP contribution in [0.25, 0.3) is 10.9 Å². The van der Waals surface area contributed by atoms with Crippen molar-refractivity contribution in [1.82, 2.24) is 15.2 Å². The van der Waals surface area contributed by atoms with Gasteiger partial charge in [-0.2, -0.15) is 0 Å². The molecule has 0 bridgehead atoms. The van der Waals surface area contributed by atoms with Crippen LogP contribution in [-0.2, 0) is 0 Å². The number of β-amino-alcohol motifs (C(OH)–C–C–N with tert-alkyl or cyclic N) is 1. The summed E-state index contributed by atoms with van der Waals surface area (Å²) in [6, 6.07) is 7.10. The Morgan fingerprint density at radius 2 is 2.05 bits per heavy atom. The molecule has 3 rings (SSSR count). The van der Waals surface area contributed by atoms with Gasteiger partial charge >= 0.3 is 0 Å². The number of phenols is 1. The fourth-order valence-electron chi connectivity index (χ4n) is 2.71. The average Bonchev–Trinajstić information content (AvgIpc) is 2.49. The van der Waals surface area contributed by atoms with Crippen LogP contribution in [0.1, 0.15) is 11.7 Å². The first-order valence-electron chi connectivity index (χ1n) is 6.93. The number of fused-ring (bicyclic) bond motifs is 1. The molecule has 5 heteroatoms. The molecule has 1 atom stereocenters. The standard InChI is InChI=1S/C15H19N3O2/c19-13-4-3-11(12-2-1-5-17-15(12)13)14(20)10-18-8-6-16-7-9-18/h1-5,14,16,19-20H,6-10H2. The lowest BCUT2D eigenvalue weighted by Gasteiger charge is -2.29. The summed E-state index contributed by atoms with van der Waals surface area (Å²) in [5.74, 6) is 0.152. The van der Waals surface area contributed by atoms with Gasteiger partial charge in [-0.3, -0.25) is 9.88 Å². The van der Waals surface area contributed by atoms with E-state index in [1.54, 1.807) is 18.3 Å². The number of aromatic hydroxyl groups is 1. The summed E-state index contributed by atoms with van der Waals surface area (Å²) >= 11 is 0. The SMILES string of the molecule is Oc1ccc(C(O)CN2CCNCC2)c2cccnc12. The molecule has 0 radical (unpaired) electrons. The van der Waals surface area contributed by atoms with E-state index < -0.39 is 6.10 Å². The van der Waals surface area contributed by atoms with Crippen LogP contribution in [0.2, 0.25) is 0 Å². The maximum Gasteiger partial charge on any atom is 0.141 e. The Bertz CT molecular complexity index is 597. The van der Waals surface area contributed by atoms with Crippen molar-refractivity contribution in [2.24, 2.45) is 0 Å². The highest BCUT2D eigenvalue weighted by molar-refractivity contribution is 5.87. The molecular weight excluding hydrogens is 254 g/mol. The molecule has 5 nitrogen and oxygen atoms in total. The number of aliphatic hydroxyl groups is 1. The largest absolute Gasteiger partial charge is 0.506 e. The summed E-state index contributed by atoms with van der Waals surface area (Å²) in [5.41, 5.74) is 1.37. The number of nitrogens with zero attached hydrogens (tertiary/aromatic N) is 2. The predicted molar refractivity (Wildman–Crippen MR) is 77.7 cm³/mol. The maximum atomic E-state index is 10.5. The van der Waals surface area contributed by atoms with Crippen molar-refractivity contribution in [3.05, 3.63) is 36.0 Å². The number of hydrogen-bond donors (Lipinski definition) is 3. The average molecular weight is 273 g/mol. The Labute approximate surface area is 117 Å². The van der Waals surface area contributed by atoms with Gasteiger partial charge in [0.1, 0.15) is 11.3 Å². The van der Waals surface area contributed by atoms with Crippen molar-refractivity contribution < 1.29 is 10.2 Å². The molecule has 1 fully saturated rings. The van der Waals surface area contributed by atoms with Crippen LogP contribution in [0.5, 0.6) is 5.75 Å². The van der Waals surface area contributed by atoms with Crippen LogP contribution >= 0.6 is 0 Å². The van der Waals surface area contributed by atoms with E-state index in [9.17, 15) is 10.2 Å². The number of pyridine rings is 1. The third-order valence-electron chi connectivity index (χ3n) is 3.78. The van der Waals surface area contributed by atoms with Gasteiger partial charge in [0, 0.05) is 44.3 Å². The summed E-state index contributed by atoms with van der Waals surface area (Å²) in [4.78, 5) is 6.43. The minimum absolute atomic E-state index is 0.152. The number of phenolic OH excluding ortho intramolecular Hbond substituents is 1. The third kappa shape index (κ3) is 2.60. The van der Waals surface area contributed by atoms with E-state index in [0.29, 0.717) is 12.1 Å². The van der Waals surface area contributed by atoms with Crippen molar-refractivity contribution in [3.63, 3.8) is 0 Å². The van der Waals surface area contributed by atoms with E-state index in [4.69, 9.17) is 0 Å². The van der Waals surface area contributed by atoms with Crippen molar-refractivity contribution in [1.29, 1.82) is 0 Å². The molecule has 2 heterocycles. The number of aliphatic hydroxyl groups excluding tert-OH is 1. The molecule has 2 aromatic rings. The molecule has 20 heavy (non-hydrogen) atoms. The molecule has 3 N–H and O–H groups in total. The zero-order chi connectivity index (χ0) is 13.9. The van der Waals surface area contributed by atoms with Gasteiger partial charge in [0.15, 0.2) is 0 Å². The summed E-state index contributed by atoms with van der Waals surface area (Å²) in [7, 11) is 0. The number of aromatic nitrogens is 1. The zero-order valence-corrected chi connectivity index (χ0v) is 11.3. The van der Waals surface area contributed by atoms with Crippen molar-refractivity contribution in [2.75, 3.05) is 32.7 Å². The van der Waals surface area contributed by atoms with Crippen LogP contribution in [-0.4, -0.2) is 52.8 Å². The third-order valence-corrected chi connectivity index (χ3v) is 3.78. The number of rotatable bonds is 3. The summed E-state index contributed by atoms with van der Waals surface area (Å²) in [6.07, 6.45) is 1.08. The maximum absolute atomic E-state index is 10.5. The molecule has 1 aliphatic rings. The summed E-state index contributed by atoms with van der Waals surface area (Å²) in [5, 5.41) is 24.4. The molecule has 106 valence electrons.